The van der Waals surface area contributed by atoms with E-state index in [9.17, 15) is 19.8 Å². The number of hydrogen-bond donors (Lipinski definition) is 4. The molecule has 3 aromatic rings. The third-order valence-electron chi connectivity index (χ3n) is 4.14. The lowest BCUT2D eigenvalue weighted by Crippen LogP contribution is -2.43. The molecule has 0 aliphatic heterocycles. The molecule has 0 radical (unpaired) electrons. The molecular weight excluding hydrogens is 336 g/mol. The maximum absolute atomic E-state index is 12.5. The summed E-state index contributed by atoms with van der Waals surface area (Å²) in [5, 5.41) is 23.1. The van der Waals surface area contributed by atoms with Crippen molar-refractivity contribution in [2.75, 3.05) is 7.11 Å². The van der Waals surface area contributed by atoms with E-state index in [4.69, 9.17) is 4.74 Å². The first-order valence-corrected chi connectivity index (χ1v) is 7.96. The first-order valence-electron chi connectivity index (χ1n) is 7.96. The van der Waals surface area contributed by atoms with E-state index in [0.29, 0.717) is 0 Å². The summed E-state index contributed by atoms with van der Waals surface area (Å²) in [6.45, 7) is 0. The van der Waals surface area contributed by atoms with Gasteiger partial charge in [-0.25, -0.2) is 4.79 Å². The van der Waals surface area contributed by atoms with Crippen LogP contribution in [-0.2, 0) is 16.0 Å². The number of amides is 1. The highest BCUT2D eigenvalue weighted by molar-refractivity contribution is 6.01. The number of aromatic nitrogens is 1. The number of methoxy groups -OCH3 is 1. The maximum atomic E-state index is 12.5. The molecule has 26 heavy (non-hydrogen) atoms. The Balaban J connectivity index is 1.87. The minimum atomic E-state index is -0.981. The van der Waals surface area contributed by atoms with Crippen LogP contribution in [-0.4, -0.2) is 40.2 Å². The highest BCUT2D eigenvalue weighted by Gasteiger charge is 2.26. The first-order chi connectivity index (χ1) is 12.5. The van der Waals surface area contributed by atoms with E-state index < -0.39 is 17.9 Å². The van der Waals surface area contributed by atoms with Crippen molar-refractivity contribution in [3.8, 4) is 11.5 Å². The van der Waals surface area contributed by atoms with E-state index in [2.05, 4.69) is 10.3 Å². The number of phenols is 2. The van der Waals surface area contributed by atoms with Gasteiger partial charge >= 0.3 is 5.97 Å². The molecule has 1 amide bonds. The number of benzene rings is 2. The second kappa shape index (κ2) is 7.18. The van der Waals surface area contributed by atoms with Gasteiger partial charge in [0.05, 0.1) is 7.11 Å². The van der Waals surface area contributed by atoms with Gasteiger partial charge in [-0.15, -0.1) is 0 Å². The molecule has 1 heterocycles. The predicted molar refractivity (Wildman–Crippen MR) is 95.0 cm³/mol. The van der Waals surface area contributed by atoms with Crippen LogP contribution in [0.1, 0.15) is 15.9 Å². The zero-order chi connectivity index (χ0) is 18.7. The number of hydrogen-bond acceptors (Lipinski definition) is 5. The van der Waals surface area contributed by atoms with E-state index in [1.807, 2.05) is 24.3 Å². The maximum Gasteiger partial charge on any atom is 0.328 e. The van der Waals surface area contributed by atoms with E-state index in [-0.39, 0.29) is 23.5 Å². The number of ether oxygens (including phenoxy) is 1. The molecule has 7 nitrogen and oxygen atoms in total. The molecule has 0 aliphatic carbocycles. The molecule has 134 valence electrons. The quantitative estimate of drug-likeness (QED) is 0.524. The molecule has 4 N–H and O–H groups in total. The lowest BCUT2D eigenvalue weighted by molar-refractivity contribution is -0.142. The average molecular weight is 354 g/mol. The lowest BCUT2D eigenvalue weighted by Gasteiger charge is -2.17. The number of carbonyl (C=O) groups excluding carboxylic acids is 2. The van der Waals surface area contributed by atoms with Crippen molar-refractivity contribution < 1.29 is 24.5 Å². The highest BCUT2D eigenvalue weighted by Crippen LogP contribution is 2.26. The molecular formula is C19H18N2O5. The molecule has 0 bridgehead atoms. The summed E-state index contributed by atoms with van der Waals surface area (Å²) in [5.74, 6) is -2.15. The normalized spacial score (nSPS) is 11.9. The molecule has 0 fully saturated rings. The van der Waals surface area contributed by atoms with Crippen LogP contribution in [0, 0.1) is 0 Å². The van der Waals surface area contributed by atoms with E-state index in [1.165, 1.54) is 25.3 Å². The monoisotopic (exact) mass is 354 g/mol. The van der Waals surface area contributed by atoms with Crippen LogP contribution in [0.5, 0.6) is 11.5 Å². The number of fused-ring (bicyclic) bond motifs is 1. The molecule has 1 atom stereocenters. The number of para-hydroxylation sites is 1. The molecule has 2 aromatic carbocycles. The number of aromatic hydroxyl groups is 2. The Kier molecular flexibility index (Phi) is 4.79. The molecule has 7 heteroatoms. The summed E-state index contributed by atoms with van der Waals surface area (Å²) in [5.41, 5.74) is 1.45. The van der Waals surface area contributed by atoms with E-state index >= 15 is 0 Å². The largest absolute Gasteiger partial charge is 0.507 e. The van der Waals surface area contributed by atoms with Gasteiger partial charge in [0.15, 0.2) is 0 Å². The number of H-pyrrole nitrogens is 1. The topological polar surface area (TPSA) is 112 Å². The van der Waals surface area contributed by atoms with Crippen molar-refractivity contribution in [3.63, 3.8) is 0 Å². The molecule has 0 aliphatic rings. The summed E-state index contributed by atoms with van der Waals surface area (Å²) in [7, 11) is 1.23. The molecule has 0 unspecified atom stereocenters. The number of carbonyl (C=O) groups is 2. The van der Waals surface area contributed by atoms with Gasteiger partial charge in [-0.1, -0.05) is 24.3 Å². The van der Waals surface area contributed by atoms with E-state index in [0.717, 1.165) is 16.5 Å². The number of esters is 1. The van der Waals surface area contributed by atoms with Gasteiger partial charge in [0.1, 0.15) is 23.1 Å². The van der Waals surface area contributed by atoms with Gasteiger partial charge < -0.3 is 25.3 Å². The predicted octanol–water partition coefficient (Wildman–Crippen LogP) is 2.09. The summed E-state index contributed by atoms with van der Waals surface area (Å²) >= 11 is 0. The van der Waals surface area contributed by atoms with Gasteiger partial charge in [0.2, 0.25) is 0 Å². The fourth-order valence-electron chi connectivity index (χ4n) is 2.85. The number of phenolic OH excluding ortho intramolecular Hbond substituents is 2. The molecule has 0 spiro atoms. The van der Waals surface area contributed by atoms with Crippen molar-refractivity contribution in [2.24, 2.45) is 0 Å². The van der Waals surface area contributed by atoms with Gasteiger partial charge in [-0.05, 0) is 23.8 Å². The number of nitrogens with one attached hydrogen (secondary N) is 2. The Morgan fingerprint density at radius 1 is 1.12 bits per heavy atom. The Bertz CT molecular complexity index is 943. The second-order valence-corrected chi connectivity index (χ2v) is 5.78. The van der Waals surface area contributed by atoms with Crippen molar-refractivity contribution in [3.05, 3.63) is 59.8 Å². The Morgan fingerprint density at radius 2 is 1.81 bits per heavy atom. The average Bonchev–Trinajstić information content (AvgIpc) is 3.03. The zero-order valence-electron chi connectivity index (χ0n) is 14.0. The summed E-state index contributed by atoms with van der Waals surface area (Å²) in [4.78, 5) is 27.7. The molecule has 1 aromatic heterocycles. The van der Waals surface area contributed by atoms with E-state index in [1.54, 1.807) is 6.20 Å². The van der Waals surface area contributed by atoms with Gasteiger partial charge in [-0.3, -0.25) is 4.79 Å². The van der Waals surface area contributed by atoms with Crippen molar-refractivity contribution in [1.82, 2.24) is 10.3 Å². The fourth-order valence-corrected chi connectivity index (χ4v) is 2.85. The lowest BCUT2D eigenvalue weighted by atomic mass is 10.0. The SMILES string of the molecule is COC(=O)[C@H](Cc1c[nH]c2ccccc12)NC(=O)c1c(O)cccc1O. The molecule has 0 saturated heterocycles. The summed E-state index contributed by atoms with van der Waals surface area (Å²) in [6, 6.07) is 10.6. The first kappa shape index (κ1) is 17.3. The van der Waals surface area contributed by atoms with Crippen molar-refractivity contribution in [1.29, 1.82) is 0 Å². The van der Waals surface area contributed by atoms with Crippen LogP contribution < -0.4 is 5.32 Å². The number of rotatable bonds is 5. The zero-order valence-corrected chi connectivity index (χ0v) is 14.0. The van der Waals surface area contributed by atoms with Gasteiger partial charge in [0, 0.05) is 23.5 Å². The van der Waals surface area contributed by atoms with Crippen molar-refractivity contribution >= 4 is 22.8 Å². The number of aromatic amines is 1. The van der Waals surface area contributed by atoms with Crippen LogP contribution in [0.2, 0.25) is 0 Å². The Labute approximate surface area is 149 Å². The summed E-state index contributed by atoms with van der Waals surface area (Å²) in [6.07, 6.45) is 1.96. The van der Waals surface area contributed by atoms with Gasteiger partial charge in [-0.2, -0.15) is 0 Å². The fraction of sp³-hybridized carbons (Fsp3) is 0.158. The van der Waals surface area contributed by atoms with Crippen LogP contribution in [0.25, 0.3) is 10.9 Å². The standard InChI is InChI=1S/C19H18N2O5/c1-26-19(25)14(9-11-10-20-13-6-3-2-5-12(11)13)21-18(24)17-15(22)7-4-8-16(17)23/h2-8,10,14,20,22-23H,9H2,1H3,(H,21,24)/t14-/m0/s1. The smallest absolute Gasteiger partial charge is 0.328 e. The van der Waals surface area contributed by atoms with Crippen LogP contribution in [0.15, 0.2) is 48.7 Å². The third kappa shape index (κ3) is 3.32. The van der Waals surface area contributed by atoms with Crippen LogP contribution in [0.4, 0.5) is 0 Å². The third-order valence-corrected chi connectivity index (χ3v) is 4.14. The summed E-state index contributed by atoms with van der Waals surface area (Å²) < 4.78 is 4.78. The Morgan fingerprint density at radius 3 is 2.50 bits per heavy atom. The van der Waals surface area contributed by atoms with Gasteiger partial charge in [0.25, 0.3) is 5.91 Å². The van der Waals surface area contributed by atoms with Crippen molar-refractivity contribution in [2.45, 2.75) is 12.5 Å². The van der Waals surface area contributed by atoms with Crippen LogP contribution >= 0.6 is 0 Å². The second-order valence-electron chi connectivity index (χ2n) is 5.78. The Hall–Kier alpha value is -3.48. The molecule has 0 saturated carbocycles. The minimum absolute atomic E-state index is 0.191. The molecule has 3 rings (SSSR count). The highest BCUT2D eigenvalue weighted by atomic mass is 16.5. The van der Waals surface area contributed by atoms with Crippen LogP contribution in [0.3, 0.4) is 0 Å². The minimum Gasteiger partial charge on any atom is -0.507 e.